The number of nitrogens with one attached hydrogen (secondary N) is 1. The molecule has 3 aromatic heterocycles. The second kappa shape index (κ2) is 2.66. The molecule has 14 heavy (non-hydrogen) atoms. The lowest BCUT2D eigenvalue weighted by atomic mass is 10.4. The van der Waals surface area contributed by atoms with Crippen LogP contribution < -0.4 is 0 Å². The van der Waals surface area contributed by atoms with E-state index >= 15 is 0 Å². The van der Waals surface area contributed by atoms with E-state index in [4.69, 9.17) is 0 Å². The quantitative estimate of drug-likeness (QED) is 0.618. The molecule has 1 N–H and O–H groups in total. The highest BCUT2D eigenvalue weighted by Gasteiger charge is 2.05. The van der Waals surface area contributed by atoms with Crippen LogP contribution in [0.25, 0.3) is 16.9 Å². The van der Waals surface area contributed by atoms with E-state index in [-0.39, 0.29) is 0 Å². The summed E-state index contributed by atoms with van der Waals surface area (Å²) in [5.41, 5.74) is 0.825. The van der Waals surface area contributed by atoms with E-state index in [9.17, 15) is 0 Å². The first-order valence-electron chi connectivity index (χ1n) is 4.23. The van der Waals surface area contributed by atoms with Gasteiger partial charge in [0.05, 0.1) is 5.39 Å². The molecule has 0 aliphatic carbocycles. The van der Waals surface area contributed by atoms with Crippen LogP contribution in [-0.2, 0) is 0 Å². The van der Waals surface area contributed by atoms with Crippen molar-refractivity contribution < 1.29 is 0 Å². The van der Waals surface area contributed by atoms with Crippen molar-refractivity contribution in [2.75, 3.05) is 0 Å². The predicted molar refractivity (Wildman–Crippen MR) is 51.0 cm³/mol. The van der Waals surface area contributed by atoms with Crippen LogP contribution in [0.4, 0.5) is 0 Å². The van der Waals surface area contributed by atoms with Gasteiger partial charge in [-0.2, -0.15) is 5.10 Å². The lowest BCUT2D eigenvalue weighted by molar-refractivity contribution is 0.851. The Morgan fingerprint density at radius 2 is 2.29 bits per heavy atom. The Balaban J connectivity index is 2.36. The Labute approximate surface area is 79.4 Å². The normalized spacial score (nSPS) is 10.9. The van der Waals surface area contributed by atoms with Crippen molar-refractivity contribution in [2.24, 2.45) is 0 Å². The van der Waals surface area contributed by atoms with Gasteiger partial charge in [-0.15, -0.1) is 0 Å². The van der Waals surface area contributed by atoms with Gasteiger partial charge in [-0.25, -0.2) is 14.6 Å². The first-order valence-corrected chi connectivity index (χ1v) is 4.23. The number of aromatic amines is 1. The van der Waals surface area contributed by atoms with E-state index in [1.807, 2.05) is 24.5 Å². The summed E-state index contributed by atoms with van der Waals surface area (Å²) in [5, 5.41) is 5.10. The first-order chi connectivity index (χ1) is 6.95. The average molecular weight is 185 g/mol. The minimum Gasteiger partial charge on any atom is -0.346 e. The fourth-order valence-electron chi connectivity index (χ4n) is 1.44. The van der Waals surface area contributed by atoms with Gasteiger partial charge in [-0.3, -0.25) is 0 Å². The third-order valence-corrected chi connectivity index (χ3v) is 2.05. The highest BCUT2D eigenvalue weighted by molar-refractivity contribution is 5.82. The summed E-state index contributed by atoms with van der Waals surface area (Å²) in [5.74, 6) is 0.793. The zero-order valence-corrected chi connectivity index (χ0v) is 7.25. The summed E-state index contributed by atoms with van der Waals surface area (Å²) in [6, 6.07) is 3.80. The van der Waals surface area contributed by atoms with Crippen molar-refractivity contribution in [1.29, 1.82) is 0 Å². The summed E-state index contributed by atoms with van der Waals surface area (Å²) < 4.78 is 1.72. The van der Waals surface area contributed by atoms with Crippen LogP contribution in [0.15, 0.2) is 37.1 Å². The third-order valence-electron chi connectivity index (χ3n) is 2.05. The molecular weight excluding hydrogens is 178 g/mol. The summed E-state index contributed by atoms with van der Waals surface area (Å²) >= 11 is 0. The molecule has 5 nitrogen and oxygen atoms in total. The predicted octanol–water partition coefficient (Wildman–Crippen LogP) is 1.14. The molecule has 0 fully saturated rings. The molecule has 0 bridgehead atoms. The average Bonchev–Trinajstić information content (AvgIpc) is 2.88. The van der Waals surface area contributed by atoms with Gasteiger partial charge in [-0.05, 0) is 12.1 Å². The zero-order chi connectivity index (χ0) is 9.38. The second-order valence-corrected chi connectivity index (χ2v) is 2.89. The van der Waals surface area contributed by atoms with E-state index in [1.54, 1.807) is 10.9 Å². The van der Waals surface area contributed by atoms with Crippen molar-refractivity contribution in [3.05, 3.63) is 37.1 Å². The minimum absolute atomic E-state index is 0.793. The van der Waals surface area contributed by atoms with E-state index in [2.05, 4.69) is 20.1 Å². The molecule has 0 amide bonds. The summed E-state index contributed by atoms with van der Waals surface area (Å²) in [6.45, 7) is 0. The van der Waals surface area contributed by atoms with Crippen molar-refractivity contribution in [3.63, 3.8) is 0 Å². The van der Waals surface area contributed by atoms with Gasteiger partial charge in [0, 0.05) is 18.6 Å². The number of hydrogen-bond donors (Lipinski definition) is 1. The maximum atomic E-state index is 4.19. The molecule has 0 saturated heterocycles. The molecule has 0 aliphatic heterocycles. The molecule has 3 heterocycles. The fourth-order valence-corrected chi connectivity index (χ4v) is 1.44. The summed E-state index contributed by atoms with van der Waals surface area (Å²) in [4.78, 5) is 11.3. The number of H-pyrrole nitrogens is 1. The van der Waals surface area contributed by atoms with Gasteiger partial charge >= 0.3 is 0 Å². The molecule has 0 unspecified atom stereocenters. The molecule has 68 valence electrons. The molecule has 5 heteroatoms. The third kappa shape index (κ3) is 0.922. The van der Waals surface area contributed by atoms with Gasteiger partial charge in [0.1, 0.15) is 12.0 Å². The second-order valence-electron chi connectivity index (χ2n) is 2.89. The Morgan fingerprint density at radius 3 is 3.14 bits per heavy atom. The minimum atomic E-state index is 0.793. The van der Waals surface area contributed by atoms with Gasteiger partial charge in [0.25, 0.3) is 0 Å². The number of rotatable bonds is 1. The summed E-state index contributed by atoms with van der Waals surface area (Å²) in [6.07, 6.45) is 6.94. The van der Waals surface area contributed by atoms with Crippen molar-refractivity contribution in [3.8, 4) is 5.82 Å². The lowest BCUT2D eigenvalue weighted by Crippen LogP contribution is -1.98. The molecule has 0 atom stereocenters. The van der Waals surface area contributed by atoms with Crippen LogP contribution in [0.3, 0.4) is 0 Å². The van der Waals surface area contributed by atoms with Gasteiger partial charge < -0.3 is 4.98 Å². The SMILES string of the molecule is c1cnn(-c2ncnc3[nH]ccc23)c1. The Kier molecular flexibility index (Phi) is 1.38. The molecule has 0 aromatic carbocycles. The van der Waals surface area contributed by atoms with Crippen molar-refractivity contribution >= 4 is 11.0 Å². The topological polar surface area (TPSA) is 59.4 Å². The van der Waals surface area contributed by atoms with Crippen LogP contribution >= 0.6 is 0 Å². The van der Waals surface area contributed by atoms with E-state index in [0.29, 0.717) is 0 Å². The number of hydrogen-bond acceptors (Lipinski definition) is 3. The van der Waals surface area contributed by atoms with Gasteiger partial charge in [0.15, 0.2) is 5.82 Å². The Hall–Kier alpha value is -2.17. The molecule has 3 aromatic rings. The molecule has 0 saturated carbocycles. The van der Waals surface area contributed by atoms with Gasteiger partial charge in [-0.1, -0.05) is 0 Å². The van der Waals surface area contributed by atoms with E-state index in [1.165, 1.54) is 6.33 Å². The number of fused-ring (bicyclic) bond motifs is 1. The lowest BCUT2D eigenvalue weighted by Gasteiger charge is -1.99. The van der Waals surface area contributed by atoms with Gasteiger partial charge in [0.2, 0.25) is 0 Å². The van der Waals surface area contributed by atoms with E-state index in [0.717, 1.165) is 16.9 Å². The molecule has 3 rings (SSSR count). The Bertz CT molecular complexity index is 551. The van der Waals surface area contributed by atoms with Crippen molar-refractivity contribution in [1.82, 2.24) is 24.7 Å². The highest BCUT2D eigenvalue weighted by Crippen LogP contribution is 2.15. The van der Waals surface area contributed by atoms with Crippen molar-refractivity contribution in [2.45, 2.75) is 0 Å². The summed E-state index contributed by atoms with van der Waals surface area (Å²) in [7, 11) is 0. The molecular formula is C9H7N5. The standard InChI is InChI=1S/C9H7N5/c1-3-13-14(5-1)9-7-2-4-10-8(7)11-6-12-9/h1-6H,(H,10,11,12). The Morgan fingerprint density at radius 1 is 1.29 bits per heavy atom. The molecule has 0 aliphatic rings. The largest absolute Gasteiger partial charge is 0.346 e. The fraction of sp³-hybridized carbons (Fsp3) is 0. The maximum Gasteiger partial charge on any atom is 0.166 e. The van der Waals surface area contributed by atoms with E-state index < -0.39 is 0 Å². The first kappa shape index (κ1) is 7.25. The van der Waals surface area contributed by atoms with Crippen LogP contribution in [0.5, 0.6) is 0 Å². The number of nitrogens with zero attached hydrogens (tertiary/aromatic N) is 4. The monoisotopic (exact) mass is 185 g/mol. The maximum absolute atomic E-state index is 4.19. The zero-order valence-electron chi connectivity index (χ0n) is 7.25. The van der Waals surface area contributed by atoms with Crippen LogP contribution in [0.1, 0.15) is 0 Å². The highest BCUT2D eigenvalue weighted by atomic mass is 15.3. The van der Waals surface area contributed by atoms with Crippen LogP contribution in [0, 0.1) is 0 Å². The molecule has 0 radical (unpaired) electrons. The smallest absolute Gasteiger partial charge is 0.166 e. The van der Waals surface area contributed by atoms with Crippen LogP contribution in [0.2, 0.25) is 0 Å². The van der Waals surface area contributed by atoms with Crippen LogP contribution in [-0.4, -0.2) is 24.7 Å². The molecule has 0 spiro atoms. The number of aromatic nitrogens is 5.